The number of hydrogen-bond acceptors (Lipinski definition) is 5. The summed E-state index contributed by atoms with van der Waals surface area (Å²) in [5.41, 5.74) is 1.87. The minimum absolute atomic E-state index is 0.0490. The predicted molar refractivity (Wildman–Crippen MR) is 88.5 cm³/mol. The Morgan fingerprint density at radius 1 is 0.870 bits per heavy atom. The molecule has 0 saturated carbocycles. The van der Waals surface area contributed by atoms with Crippen molar-refractivity contribution in [1.29, 1.82) is 0 Å². The summed E-state index contributed by atoms with van der Waals surface area (Å²) in [6.07, 6.45) is 4.27. The van der Waals surface area contributed by atoms with Crippen LogP contribution in [0.4, 0.5) is 0 Å². The van der Waals surface area contributed by atoms with Crippen LogP contribution in [-0.4, -0.2) is 32.7 Å². The molecule has 0 aromatic heterocycles. The average molecular weight is 314 g/mol. The molecule has 23 heavy (non-hydrogen) atoms. The molecule has 0 unspecified atom stereocenters. The molecule has 0 spiro atoms. The molecular formula is C18H18O5. The van der Waals surface area contributed by atoms with Gasteiger partial charge in [0, 0.05) is 0 Å². The van der Waals surface area contributed by atoms with Crippen molar-refractivity contribution in [2.24, 2.45) is 0 Å². The van der Waals surface area contributed by atoms with Crippen molar-refractivity contribution in [3.05, 3.63) is 47.0 Å². The molecule has 2 rings (SSSR count). The van der Waals surface area contributed by atoms with Gasteiger partial charge in [-0.1, -0.05) is 18.2 Å². The summed E-state index contributed by atoms with van der Waals surface area (Å²) in [7, 11) is 4.66. The van der Waals surface area contributed by atoms with Gasteiger partial charge in [0.05, 0.1) is 26.9 Å². The van der Waals surface area contributed by atoms with Crippen molar-refractivity contribution in [2.45, 2.75) is 0 Å². The van der Waals surface area contributed by atoms with Crippen molar-refractivity contribution >= 4 is 18.4 Å². The van der Waals surface area contributed by atoms with E-state index < -0.39 is 0 Å². The molecule has 0 saturated heterocycles. The molecule has 0 heterocycles. The Kier molecular flexibility index (Phi) is 5.25. The van der Waals surface area contributed by atoms with E-state index in [9.17, 15) is 9.90 Å². The van der Waals surface area contributed by atoms with Gasteiger partial charge in [0.25, 0.3) is 0 Å². The molecule has 0 aliphatic carbocycles. The molecule has 0 aliphatic rings. The van der Waals surface area contributed by atoms with E-state index in [0.29, 0.717) is 23.5 Å². The van der Waals surface area contributed by atoms with Gasteiger partial charge < -0.3 is 19.3 Å². The highest BCUT2D eigenvalue weighted by atomic mass is 16.5. The van der Waals surface area contributed by atoms with Gasteiger partial charge in [-0.3, -0.25) is 4.79 Å². The average Bonchev–Trinajstić information content (AvgIpc) is 2.58. The number of phenolic OH excluding ortho intramolecular Hbond substituents is 1. The fourth-order valence-corrected chi connectivity index (χ4v) is 2.15. The highest BCUT2D eigenvalue weighted by Crippen LogP contribution is 2.38. The smallest absolute Gasteiger partial charge is 0.203 e. The van der Waals surface area contributed by atoms with Gasteiger partial charge in [-0.05, 0) is 35.4 Å². The fourth-order valence-electron chi connectivity index (χ4n) is 2.15. The first-order valence-corrected chi connectivity index (χ1v) is 6.89. The number of methoxy groups -OCH3 is 3. The quantitative estimate of drug-likeness (QED) is 0.654. The van der Waals surface area contributed by atoms with E-state index in [1.54, 1.807) is 33.5 Å². The van der Waals surface area contributed by atoms with Crippen LogP contribution in [0.3, 0.4) is 0 Å². The van der Waals surface area contributed by atoms with Crippen molar-refractivity contribution in [2.75, 3.05) is 21.3 Å². The molecule has 0 radical (unpaired) electrons. The number of aromatic hydroxyl groups is 1. The first-order valence-electron chi connectivity index (χ1n) is 6.89. The fraction of sp³-hybridized carbons (Fsp3) is 0.167. The Morgan fingerprint density at radius 2 is 1.48 bits per heavy atom. The van der Waals surface area contributed by atoms with Crippen molar-refractivity contribution in [1.82, 2.24) is 0 Å². The van der Waals surface area contributed by atoms with E-state index in [2.05, 4.69) is 0 Å². The molecular weight excluding hydrogens is 296 g/mol. The minimum atomic E-state index is -0.0490. The SMILES string of the molecule is COc1cc(/C=C\c2ccc(C=O)c(O)c2)cc(OC)c1OC. The Bertz CT molecular complexity index is 709. The number of benzene rings is 2. The number of phenols is 1. The van der Waals surface area contributed by atoms with Crippen LogP contribution in [0.1, 0.15) is 21.5 Å². The first kappa shape index (κ1) is 16.4. The van der Waals surface area contributed by atoms with E-state index in [4.69, 9.17) is 14.2 Å². The molecule has 2 aromatic rings. The normalized spacial score (nSPS) is 10.6. The minimum Gasteiger partial charge on any atom is -0.507 e. The third-order valence-electron chi connectivity index (χ3n) is 3.34. The van der Waals surface area contributed by atoms with Gasteiger partial charge in [0.2, 0.25) is 5.75 Å². The summed E-state index contributed by atoms with van der Waals surface area (Å²) < 4.78 is 15.9. The molecule has 1 N–H and O–H groups in total. The zero-order valence-electron chi connectivity index (χ0n) is 13.2. The molecule has 2 aromatic carbocycles. The Balaban J connectivity index is 2.35. The maximum absolute atomic E-state index is 10.7. The summed E-state index contributed by atoms with van der Waals surface area (Å²) >= 11 is 0. The summed E-state index contributed by atoms with van der Waals surface area (Å²) in [5.74, 6) is 1.60. The highest BCUT2D eigenvalue weighted by Gasteiger charge is 2.12. The summed E-state index contributed by atoms with van der Waals surface area (Å²) in [5, 5.41) is 9.70. The molecule has 0 fully saturated rings. The van der Waals surface area contributed by atoms with Gasteiger partial charge in [0.15, 0.2) is 17.8 Å². The third-order valence-corrected chi connectivity index (χ3v) is 3.34. The predicted octanol–water partition coefficient (Wildman–Crippen LogP) is 3.40. The second-order valence-electron chi connectivity index (χ2n) is 4.73. The molecule has 0 atom stereocenters. The van der Waals surface area contributed by atoms with Crippen molar-refractivity contribution in [3.63, 3.8) is 0 Å². The van der Waals surface area contributed by atoms with Crippen LogP contribution < -0.4 is 14.2 Å². The zero-order valence-corrected chi connectivity index (χ0v) is 13.2. The number of carbonyl (C=O) groups is 1. The molecule has 120 valence electrons. The molecule has 0 amide bonds. The lowest BCUT2D eigenvalue weighted by atomic mass is 10.1. The van der Waals surface area contributed by atoms with Crippen LogP contribution in [-0.2, 0) is 0 Å². The lowest BCUT2D eigenvalue weighted by molar-refractivity contribution is 0.112. The van der Waals surface area contributed by atoms with Gasteiger partial charge in [-0.2, -0.15) is 0 Å². The highest BCUT2D eigenvalue weighted by molar-refractivity contribution is 5.81. The Hall–Kier alpha value is -2.95. The molecule has 5 heteroatoms. The van der Waals surface area contributed by atoms with E-state index in [1.807, 2.05) is 24.3 Å². The maximum Gasteiger partial charge on any atom is 0.203 e. The number of aldehydes is 1. The lowest BCUT2D eigenvalue weighted by Crippen LogP contribution is -1.95. The van der Waals surface area contributed by atoms with Crippen LogP contribution in [0.5, 0.6) is 23.0 Å². The summed E-state index contributed by atoms with van der Waals surface area (Å²) in [6.45, 7) is 0. The van der Waals surface area contributed by atoms with Crippen molar-refractivity contribution in [3.8, 4) is 23.0 Å². The largest absolute Gasteiger partial charge is 0.507 e. The molecule has 0 bridgehead atoms. The van der Waals surface area contributed by atoms with Crippen LogP contribution in [0, 0.1) is 0 Å². The number of ether oxygens (including phenoxy) is 3. The zero-order chi connectivity index (χ0) is 16.8. The van der Waals surface area contributed by atoms with E-state index in [-0.39, 0.29) is 11.3 Å². The van der Waals surface area contributed by atoms with Gasteiger partial charge in [0.1, 0.15) is 5.75 Å². The van der Waals surface area contributed by atoms with Gasteiger partial charge in [-0.25, -0.2) is 0 Å². The number of rotatable bonds is 6. The summed E-state index contributed by atoms with van der Waals surface area (Å²) in [6, 6.07) is 8.47. The summed E-state index contributed by atoms with van der Waals surface area (Å²) in [4.78, 5) is 10.7. The second-order valence-corrected chi connectivity index (χ2v) is 4.73. The van der Waals surface area contributed by atoms with E-state index >= 15 is 0 Å². The van der Waals surface area contributed by atoms with Crippen molar-refractivity contribution < 1.29 is 24.1 Å². The van der Waals surface area contributed by atoms with E-state index in [0.717, 1.165) is 11.1 Å². The molecule has 0 aliphatic heterocycles. The van der Waals surface area contributed by atoms with Crippen LogP contribution >= 0.6 is 0 Å². The second kappa shape index (κ2) is 7.35. The third kappa shape index (κ3) is 3.63. The van der Waals surface area contributed by atoms with Gasteiger partial charge >= 0.3 is 0 Å². The number of hydrogen-bond donors (Lipinski definition) is 1. The monoisotopic (exact) mass is 314 g/mol. The van der Waals surface area contributed by atoms with Gasteiger partial charge in [-0.15, -0.1) is 0 Å². The topological polar surface area (TPSA) is 65.0 Å². The Morgan fingerprint density at radius 3 is 1.96 bits per heavy atom. The lowest BCUT2D eigenvalue weighted by Gasteiger charge is -2.12. The standard InChI is InChI=1S/C18H18O5/c1-21-16-9-13(10-17(22-2)18(16)23-3)5-4-12-6-7-14(11-19)15(20)8-12/h4-11,20H,1-3H3/b5-4-. The number of carbonyl (C=O) groups excluding carboxylic acids is 1. The van der Waals surface area contributed by atoms with Crippen LogP contribution in [0.2, 0.25) is 0 Å². The van der Waals surface area contributed by atoms with Crippen LogP contribution in [0.15, 0.2) is 30.3 Å². The van der Waals surface area contributed by atoms with Crippen LogP contribution in [0.25, 0.3) is 12.2 Å². The Labute approximate surface area is 134 Å². The first-order chi connectivity index (χ1) is 11.1. The molecule has 5 nitrogen and oxygen atoms in total. The maximum atomic E-state index is 10.7. The van der Waals surface area contributed by atoms with E-state index in [1.165, 1.54) is 6.07 Å².